The van der Waals surface area contributed by atoms with E-state index in [-0.39, 0.29) is 6.54 Å². The van der Waals surface area contributed by atoms with Crippen LogP contribution in [0.1, 0.15) is 22.5 Å². The summed E-state index contributed by atoms with van der Waals surface area (Å²) in [4.78, 5) is -0.767. The molecular formula is C15H18F3N3O2S. The lowest BCUT2D eigenvalue weighted by molar-refractivity contribution is -0.139. The zero-order chi connectivity index (χ0) is 18.1. The van der Waals surface area contributed by atoms with Gasteiger partial charge in [0, 0.05) is 19.3 Å². The second-order valence-electron chi connectivity index (χ2n) is 5.41. The van der Waals surface area contributed by atoms with Crippen molar-refractivity contribution in [2.45, 2.75) is 31.3 Å². The maximum absolute atomic E-state index is 13.0. The summed E-state index contributed by atoms with van der Waals surface area (Å²) >= 11 is 0. The average Bonchev–Trinajstić information content (AvgIpc) is 2.72. The molecule has 2 aromatic rings. The zero-order valence-corrected chi connectivity index (χ0v) is 14.3. The van der Waals surface area contributed by atoms with Gasteiger partial charge in [-0.1, -0.05) is 12.1 Å². The van der Waals surface area contributed by atoms with E-state index in [1.165, 1.54) is 6.07 Å². The number of sulfonamides is 1. The molecule has 0 aliphatic heterocycles. The summed E-state index contributed by atoms with van der Waals surface area (Å²) in [6.45, 7) is 3.64. The summed E-state index contributed by atoms with van der Waals surface area (Å²) in [6.07, 6.45) is -4.39. The summed E-state index contributed by atoms with van der Waals surface area (Å²) in [5.74, 6) is 0. The maximum Gasteiger partial charge on any atom is 0.417 e. The molecule has 1 aromatic carbocycles. The van der Waals surface area contributed by atoms with Crippen molar-refractivity contribution in [3.8, 4) is 0 Å². The number of hydrogen-bond donors (Lipinski definition) is 1. The SMILES string of the molecule is Cc1nn(C)c(C)c1CCNS(=O)(=O)c1ccccc1C(F)(F)F. The van der Waals surface area contributed by atoms with Crippen molar-refractivity contribution >= 4 is 10.0 Å². The smallest absolute Gasteiger partial charge is 0.272 e. The van der Waals surface area contributed by atoms with Gasteiger partial charge in [-0.2, -0.15) is 18.3 Å². The first-order chi connectivity index (χ1) is 11.0. The number of halogens is 3. The molecule has 0 aliphatic rings. The Kier molecular flexibility index (Phi) is 5.05. The van der Waals surface area contributed by atoms with Crippen molar-refractivity contribution in [1.29, 1.82) is 0 Å². The van der Waals surface area contributed by atoms with Crippen molar-refractivity contribution in [1.82, 2.24) is 14.5 Å². The third kappa shape index (κ3) is 3.78. The third-order valence-corrected chi connectivity index (χ3v) is 5.33. The minimum atomic E-state index is -4.73. The molecule has 1 aromatic heterocycles. The molecule has 0 fully saturated rings. The van der Waals surface area contributed by atoms with Crippen LogP contribution in [-0.2, 0) is 29.7 Å². The largest absolute Gasteiger partial charge is 0.417 e. The standard InChI is InChI=1S/C15H18F3N3O2S/c1-10-12(11(2)21(3)20-10)8-9-19-24(22,23)14-7-5-4-6-13(14)15(16,17)18/h4-7,19H,8-9H2,1-3H3. The van der Waals surface area contributed by atoms with Crippen molar-refractivity contribution in [3.63, 3.8) is 0 Å². The zero-order valence-electron chi connectivity index (χ0n) is 13.5. The molecule has 0 aliphatic carbocycles. The summed E-state index contributed by atoms with van der Waals surface area (Å²) in [6, 6.07) is 4.12. The van der Waals surface area contributed by atoms with E-state index in [2.05, 4.69) is 9.82 Å². The van der Waals surface area contributed by atoms with Crippen LogP contribution in [-0.4, -0.2) is 24.7 Å². The lowest BCUT2D eigenvalue weighted by Crippen LogP contribution is -2.28. The van der Waals surface area contributed by atoms with Crippen LogP contribution >= 0.6 is 0 Å². The fourth-order valence-corrected chi connectivity index (χ4v) is 3.76. The Balaban J connectivity index is 2.18. The molecular weight excluding hydrogens is 343 g/mol. The third-order valence-electron chi connectivity index (χ3n) is 3.81. The molecule has 1 heterocycles. The number of rotatable bonds is 5. The summed E-state index contributed by atoms with van der Waals surface area (Å²) in [7, 11) is -2.49. The highest BCUT2D eigenvalue weighted by molar-refractivity contribution is 7.89. The number of aryl methyl sites for hydroxylation is 2. The van der Waals surface area contributed by atoms with Crippen LogP contribution in [0.5, 0.6) is 0 Å². The average molecular weight is 361 g/mol. The van der Waals surface area contributed by atoms with E-state index in [1.54, 1.807) is 18.7 Å². The molecule has 5 nitrogen and oxygen atoms in total. The van der Waals surface area contributed by atoms with Gasteiger partial charge >= 0.3 is 6.18 Å². The first-order valence-electron chi connectivity index (χ1n) is 7.19. The highest BCUT2D eigenvalue weighted by Gasteiger charge is 2.36. The van der Waals surface area contributed by atoms with Crippen LogP contribution in [0, 0.1) is 13.8 Å². The predicted octanol–water partition coefficient (Wildman–Crippen LogP) is 2.58. The van der Waals surface area contributed by atoms with Gasteiger partial charge < -0.3 is 0 Å². The molecule has 0 unspecified atom stereocenters. The number of aromatic nitrogens is 2. The van der Waals surface area contributed by atoms with Gasteiger partial charge in [0.15, 0.2) is 0 Å². The lowest BCUT2D eigenvalue weighted by Gasteiger charge is -2.13. The molecule has 0 saturated heterocycles. The topological polar surface area (TPSA) is 64.0 Å². The van der Waals surface area contributed by atoms with Crippen LogP contribution in [0.15, 0.2) is 29.2 Å². The first-order valence-corrected chi connectivity index (χ1v) is 8.67. The van der Waals surface area contributed by atoms with Gasteiger partial charge in [0.25, 0.3) is 0 Å². The predicted molar refractivity (Wildman–Crippen MR) is 83.0 cm³/mol. The van der Waals surface area contributed by atoms with Crippen LogP contribution in [0.2, 0.25) is 0 Å². The molecule has 0 saturated carbocycles. The molecule has 2 rings (SSSR count). The van der Waals surface area contributed by atoms with Gasteiger partial charge in [0.1, 0.15) is 0 Å². The Labute approximate surface area is 138 Å². The minimum Gasteiger partial charge on any atom is -0.272 e. The molecule has 9 heteroatoms. The van der Waals surface area contributed by atoms with Gasteiger partial charge in [-0.3, -0.25) is 4.68 Å². The highest BCUT2D eigenvalue weighted by Crippen LogP contribution is 2.33. The quantitative estimate of drug-likeness (QED) is 0.890. The van der Waals surface area contributed by atoms with Crippen LogP contribution in [0.4, 0.5) is 13.2 Å². The summed E-state index contributed by atoms with van der Waals surface area (Å²) in [5, 5.41) is 4.22. The first kappa shape index (κ1) is 18.5. The van der Waals surface area contributed by atoms with Crippen molar-refractivity contribution in [2.75, 3.05) is 6.54 Å². The lowest BCUT2D eigenvalue weighted by atomic mass is 10.1. The van der Waals surface area contributed by atoms with Crippen molar-refractivity contribution < 1.29 is 21.6 Å². The van der Waals surface area contributed by atoms with Gasteiger partial charge in [0.05, 0.1) is 16.2 Å². The van der Waals surface area contributed by atoms with Gasteiger partial charge in [-0.15, -0.1) is 0 Å². The van der Waals surface area contributed by atoms with Crippen molar-refractivity contribution in [2.24, 2.45) is 7.05 Å². The van der Waals surface area contributed by atoms with E-state index in [9.17, 15) is 21.6 Å². The number of nitrogens with zero attached hydrogens (tertiary/aromatic N) is 2. The van der Waals surface area contributed by atoms with Gasteiger partial charge in [-0.05, 0) is 38.0 Å². The Morgan fingerprint density at radius 2 is 1.83 bits per heavy atom. The van der Waals surface area contributed by atoms with E-state index < -0.39 is 26.7 Å². The van der Waals surface area contributed by atoms with Crippen LogP contribution in [0.3, 0.4) is 0 Å². The molecule has 132 valence electrons. The molecule has 0 spiro atoms. The summed E-state index contributed by atoms with van der Waals surface area (Å²) in [5.41, 5.74) is 1.36. The van der Waals surface area contributed by atoms with Crippen molar-refractivity contribution in [3.05, 3.63) is 46.8 Å². The van der Waals surface area contributed by atoms with Crippen LogP contribution < -0.4 is 4.72 Å². The van der Waals surface area contributed by atoms with Gasteiger partial charge in [-0.25, -0.2) is 13.1 Å². The number of alkyl halides is 3. The minimum absolute atomic E-state index is 0.0120. The molecule has 0 bridgehead atoms. The Bertz CT molecular complexity index is 842. The van der Waals surface area contributed by atoms with E-state index in [0.717, 1.165) is 35.2 Å². The second kappa shape index (κ2) is 6.56. The van der Waals surface area contributed by atoms with Gasteiger partial charge in [0.2, 0.25) is 10.0 Å². The molecule has 24 heavy (non-hydrogen) atoms. The fourth-order valence-electron chi connectivity index (χ4n) is 2.50. The number of benzene rings is 1. The van der Waals surface area contributed by atoms with Crippen LogP contribution in [0.25, 0.3) is 0 Å². The Morgan fingerprint density at radius 3 is 2.38 bits per heavy atom. The molecule has 0 atom stereocenters. The number of hydrogen-bond acceptors (Lipinski definition) is 3. The molecule has 0 radical (unpaired) electrons. The Morgan fingerprint density at radius 1 is 1.21 bits per heavy atom. The highest BCUT2D eigenvalue weighted by atomic mass is 32.2. The Hall–Kier alpha value is -1.87. The van der Waals surface area contributed by atoms with E-state index in [1.807, 2.05) is 6.92 Å². The molecule has 1 N–H and O–H groups in total. The van der Waals surface area contributed by atoms with E-state index >= 15 is 0 Å². The number of nitrogens with one attached hydrogen (secondary N) is 1. The van der Waals surface area contributed by atoms with E-state index in [4.69, 9.17) is 0 Å². The second-order valence-corrected chi connectivity index (χ2v) is 7.15. The molecule has 0 amide bonds. The summed E-state index contributed by atoms with van der Waals surface area (Å²) < 4.78 is 67.3. The maximum atomic E-state index is 13.0. The monoisotopic (exact) mass is 361 g/mol. The fraction of sp³-hybridized carbons (Fsp3) is 0.400. The normalized spacial score (nSPS) is 12.6. The van der Waals surface area contributed by atoms with E-state index in [0.29, 0.717) is 6.42 Å².